The zero-order chi connectivity index (χ0) is 21.1. The number of aromatic nitrogens is 1. The van der Waals surface area contributed by atoms with Crippen LogP contribution in [0.1, 0.15) is 36.1 Å². The number of benzene rings is 1. The van der Waals surface area contributed by atoms with E-state index in [1.807, 2.05) is 18.2 Å². The molecule has 1 aromatic carbocycles. The summed E-state index contributed by atoms with van der Waals surface area (Å²) in [5.41, 5.74) is 3.54. The maximum atomic E-state index is 13.0. The molecule has 1 atom stereocenters. The van der Waals surface area contributed by atoms with E-state index in [4.69, 9.17) is 9.47 Å². The Morgan fingerprint density at radius 2 is 2.00 bits per heavy atom. The molecule has 8 heteroatoms. The highest BCUT2D eigenvalue weighted by Gasteiger charge is 2.23. The highest BCUT2D eigenvalue weighted by molar-refractivity contribution is 7.92. The minimum Gasteiger partial charge on any atom is -0.479 e. The number of rotatable bonds is 6. The van der Waals surface area contributed by atoms with E-state index in [-0.39, 0.29) is 4.90 Å². The number of ether oxygens (including phenoxy) is 2. The predicted molar refractivity (Wildman–Crippen MR) is 116 cm³/mol. The lowest BCUT2D eigenvalue weighted by molar-refractivity contribution is 0.194. The second-order valence-electron chi connectivity index (χ2n) is 7.82. The van der Waals surface area contributed by atoms with Crippen molar-refractivity contribution in [3.8, 4) is 5.88 Å². The molecule has 1 fully saturated rings. The van der Waals surface area contributed by atoms with Gasteiger partial charge in [-0.3, -0.25) is 4.72 Å². The fourth-order valence-electron chi connectivity index (χ4n) is 4.13. The van der Waals surface area contributed by atoms with Crippen LogP contribution in [0.3, 0.4) is 0 Å². The predicted octanol–water partition coefficient (Wildman–Crippen LogP) is 2.82. The van der Waals surface area contributed by atoms with Crippen molar-refractivity contribution in [1.29, 1.82) is 0 Å². The summed E-state index contributed by atoms with van der Waals surface area (Å²) in [7, 11) is -2.24. The molecule has 2 aromatic rings. The molecule has 2 aliphatic heterocycles. The van der Waals surface area contributed by atoms with Gasteiger partial charge in [0, 0.05) is 37.7 Å². The van der Waals surface area contributed by atoms with Gasteiger partial charge in [0.05, 0.1) is 18.6 Å². The van der Waals surface area contributed by atoms with Gasteiger partial charge in [-0.15, -0.1) is 0 Å². The van der Waals surface area contributed by atoms with Gasteiger partial charge in [0.2, 0.25) is 5.88 Å². The fraction of sp³-hybridized carbons (Fsp3) is 0.500. The number of sulfonamides is 1. The van der Waals surface area contributed by atoms with Crippen molar-refractivity contribution in [3.05, 3.63) is 47.2 Å². The molecule has 2 aliphatic rings. The Morgan fingerprint density at radius 3 is 2.67 bits per heavy atom. The largest absolute Gasteiger partial charge is 0.479 e. The van der Waals surface area contributed by atoms with Crippen LogP contribution in [0.2, 0.25) is 0 Å². The first-order valence-corrected chi connectivity index (χ1v) is 12.0. The summed E-state index contributed by atoms with van der Waals surface area (Å²) < 4.78 is 39.5. The van der Waals surface area contributed by atoms with Gasteiger partial charge in [-0.05, 0) is 48.7 Å². The average molecular weight is 432 g/mol. The molecule has 1 saturated heterocycles. The smallest absolute Gasteiger partial charge is 0.262 e. The number of fused-ring (bicyclic) bond motifs is 1. The van der Waals surface area contributed by atoms with Crippen LogP contribution in [0, 0.1) is 0 Å². The molecule has 4 rings (SSSR count). The Hall–Kier alpha value is -2.16. The van der Waals surface area contributed by atoms with E-state index >= 15 is 0 Å². The van der Waals surface area contributed by atoms with Gasteiger partial charge in [-0.1, -0.05) is 19.1 Å². The van der Waals surface area contributed by atoms with E-state index in [1.54, 1.807) is 12.1 Å². The average Bonchev–Trinajstić information content (AvgIpc) is 3.22. The van der Waals surface area contributed by atoms with E-state index in [1.165, 1.54) is 7.11 Å². The summed E-state index contributed by atoms with van der Waals surface area (Å²) in [5, 5.41) is 0. The minimum atomic E-state index is -3.75. The van der Waals surface area contributed by atoms with Crippen LogP contribution in [-0.2, 0) is 27.6 Å². The molecule has 1 unspecified atom stereocenters. The second-order valence-corrected chi connectivity index (χ2v) is 9.50. The van der Waals surface area contributed by atoms with Crippen molar-refractivity contribution in [1.82, 2.24) is 9.88 Å². The van der Waals surface area contributed by atoms with Crippen molar-refractivity contribution in [2.75, 3.05) is 44.7 Å². The van der Waals surface area contributed by atoms with Crippen molar-refractivity contribution in [2.45, 2.75) is 37.0 Å². The number of nitrogens with one attached hydrogen (secondary N) is 1. The standard InChI is InChI=1S/C22H29N3O4S/c1-3-25-11-8-17-14-21(22(28-2)23-20(17)9-12-25)24-30(26,27)19-6-4-16(5-7-19)18-10-13-29-15-18/h4-7,14,18,24H,3,8-13,15H2,1-2H3. The van der Waals surface area contributed by atoms with Gasteiger partial charge in [0.1, 0.15) is 5.69 Å². The maximum Gasteiger partial charge on any atom is 0.262 e. The van der Waals surface area contributed by atoms with Crippen molar-refractivity contribution < 1.29 is 17.9 Å². The van der Waals surface area contributed by atoms with Crippen molar-refractivity contribution in [2.24, 2.45) is 0 Å². The molecule has 0 radical (unpaired) electrons. The Morgan fingerprint density at radius 1 is 1.23 bits per heavy atom. The molecule has 30 heavy (non-hydrogen) atoms. The molecular formula is C22H29N3O4S. The number of pyridine rings is 1. The molecule has 0 spiro atoms. The number of hydrogen-bond donors (Lipinski definition) is 1. The Kier molecular flexibility index (Phi) is 6.26. The van der Waals surface area contributed by atoms with Gasteiger partial charge < -0.3 is 14.4 Å². The van der Waals surface area contributed by atoms with Crippen LogP contribution >= 0.6 is 0 Å². The first-order valence-electron chi connectivity index (χ1n) is 10.5. The zero-order valence-electron chi connectivity index (χ0n) is 17.6. The molecular weight excluding hydrogens is 402 g/mol. The van der Waals surface area contributed by atoms with Crippen LogP contribution in [0.4, 0.5) is 5.69 Å². The molecule has 0 saturated carbocycles. The van der Waals surface area contributed by atoms with Crippen LogP contribution in [0.25, 0.3) is 0 Å². The summed E-state index contributed by atoms with van der Waals surface area (Å²) in [4.78, 5) is 7.21. The molecule has 3 heterocycles. The first kappa shape index (κ1) is 21.1. The summed E-state index contributed by atoms with van der Waals surface area (Å²) in [6.07, 6.45) is 2.64. The summed E-state index contributed by atoms with van der Waals surface area (Å²) in [5.74, 6) is 0.647. The third kappa shape index (κ3) is 4.45. The SMILES string of the molecule is CCN1CCc2cc(NS(=O)(=O)c3ccc(C4CCOC4)cc3)c(OC)nc2CC1. The third-order valence-corrected chi connectivity index (χ3v) is 7.38. The molecule has 1 aromatic heterocycles. The number of nitrogens with zero attached hydrogens (tertiary/aromatic N) is 2. The number of methoxy groups -OCH3 is 1. The van der Waals surface area contributed by atoms with Gasteiger partial charge in [0.25, 0.3) is 10.0 Å². The van der Waals surface area contributed by atoms with Gasteiger partial charge in [-0.2, -0.15) is 0 Å². The molecule has 0 amide bonds. The molecule has 7 nitrogen and oxygen atoms in total. The highest BCUT2D eigenvalue weighted by atomic mass is 32.2. The lowest BCUT2D eigenvalue weighted by atomic mass is 9.99. The molecule has 0 aliphatic carbocycles. The van der Waals surface area contributed by atoms with Crippen molar-refractivity contribution >= 4 is 15.7 Å². The van der Waals surface area contributed by atoms with Crippen LogP contribution in [0.5, 0.6) is 5.88 Å². The monoisotopic (exact) mass is 431 g/mol. The molecule has 1 N–H and O–H groups in total. The number of hydrogen-bond acceptors (Lipinski definition) is 6. The fourth-order valence-corrected chi connectivity index (χ4v) is 5.17. The van der Waals surface area contributed by atoms with E-state index in [0.717, 1.165) is 62.3 Å². The molecule has 162 valence electrons. The second kappa shape index (κ2) is 8.91. The third-order valence-electron chi connectivity index (χ3n) is 5.99. The Balaban J connectivity index is 1.57. The number of anilines is 1. The lowest BCUT2D eigenvalue weighted by Crippen LogP contribution is -2.25. The van der Waals surface area contributed by atoms with E-state index in [9.17, 15) is 8.42 Å². The summed E-state index contributed by atoms with van der Waals surface area (Å²) >= 11 is 0. The van der Waals surface area contributed by atoms with Crippen LogP contribution in [-0.4, -0.2) is 58.3 Å². The molecule has 0 bridgehead atoms. The lowest BCUT2D eigenvalue weighted by Gasteiger charge is -2.16. The van der Waals surface area contributed by atoms with E-state index < -0.39 is 10.0 Å². The summed E-state index contributed by atoms with van der Waals surface area (Å²) in [6.45, 7) is 6.48. The van der Waals surface area contributed by atoms with Gasteiger partial charge in [-0.25, -0.2) is 13.4 Å². The van der Waals surface area contributed by atoms with Crippen LogP contribution in [0.15, 0.2) is 35.2 Å². The summed E-state index contributed by atoms with van der Waals surface area (Å²) in [6, 6.07) is 8.93. The van der Waals surface area contributed by atoms with Crippen LogP contribution < -0.4 is 9.46 Å². The van der Waals surface area contributed by atoms with Gasteiger partial charge in [0.15, 0.2) is 0 Å². The topological polar surface area (TPSA) is 80.8 Å². The normalized spacial score (nSPS) is 19.9. The number of likely N-dealkylation sites (N-methyl/N-ethyl adjacent to an activating group) is 1. The van der Waals surface area contributed by atoms with Gasteiger partial charge >= 0.3 is 0 Å². The Bertz CT molecular complexity index is 986. The van der Waals surface area contributed by atoms with E-state index in [0.29, 0.717) is 24.1 Å². The highest BCUT2D eigenvalue weighted by Crippen LogP contribution is 2.30. The zero-order valence-corrected chi connectivity index (χ0v) is 18.4. The first-order chi connectivity index (χ1) is 14.5. The Labute approximate surface area is 178 Å². The van der Waals surface area contributed by atoms with E-state index in [2.05, 4.69) is 21.5 Å². The van der Waals surface area contributed by atoms with Crippen molar-refractivity contribution in [3.63, 3.8) is 0 Å². The minimum absolute atomic E-state index is 0.222. The quantitative estimate of drug-likeness (QED) is 0.758. The maximum absolute atomic E-state index is 13.0.